The van der Waals surface area contributed by atoms with Gasteiger partial charge in [-0.15, -0.1) is 0 Å². The van der Waals surface area contributed by atoms with Gasteiger partial charge in [0.15, 0.2) is 42.0 Å². The number of fused-ring (bicyclic) bond motifs is 1. The molecule has 6 aromatic heterocycles. The van der Waals surface area contributed by atoms with Crippen LogP contribution in [-0.4, -0.2) is 353 Å². The van der Waals surface area contributed by atoms with E-state index in [9.17, 15) is 57.3 Å². The van der Waals surface area contributed by atoms with E-state index in [1.54, 1.807) is 27.9 Å². The van der Waals surface area contributed by atoms with E-state index in [2.05, 4.69) is 50.8 Å². The number of carbonyl (C=O) groups excluding carboxylic acids is 3. The first-order chi connectivity index (χ1) is 61.9. The molecule has 16 atom stereocenters. The maximum atomic E-state index is 16.5. The van der Waals surface area contributed by atoms with Crippen LogP contribution >= 0.6 is 38.2 Å². The summed E-state index contributed by atoms with van der Waals surface area (Å²) >= 11 is 0. The summed E-state index contributed by atoms with van der Waals surface area (Å²) in [6.45, 7) is 2.22. The van der Waals surface area contributed by atoms with Crippen molar-refractivity contribution in [3.8, 4) is 0 Å². The summed E-state index contributed by atoms with van der Waals surface area (Å²) in [7, 11) is -6.87. The summed E-state index contributed by atoms with van der Waals surface area (Å²) in [5, 5.41) is 15.2. The standard InChI is InChI=1S/C72H118N29O26P5/c1-42(2)128(113,87(7)8)118-36-48-27-93(32-56(124-48)98-23-43(3)62(104)84-70(98)110)130(115,89(11)12)120-38-50-29-95(34-58(126-50)100-25-45(5)64(106)86-72(100)112)131(116,90(13)14)122-40-51-30-96(35-59(127-51)101-41-79-60-61(101)82-68(76)83-66(60)108)132(117,91(15)16)121-39-49-28-94(33-57(125-49)99-24-44(4)63(105)85-71(99)111)129(114,88(9)10)119-37-47-26-92(31-55(123-47)97-21-19-53(73)81-69(97)109)54(103)22-78-65(107)52(80-46(6)102)18-17-20-77-67(74)75/h19,21,23-25,41-42,47-52,55-59H,17-18,20,22,26-40H2,1-16H3,(H,78,107)(H,80,102)(H2,73,81,109)(H4,74,75,77)(H,84,104,110)(H,85,105,111)(H,86,106,112)(H3,76,82,83,108)/t47-,48-,49-,50-,51-,52-,55+,56+,57+,58+,59+,128?,129?,130?,131?,132?/m0/s1. The Hall–Kier alpha value is -9.06. The second-order valence-electron chi connectivity index (χ2n) is 33.4. The smallest absolute Gasteiger partial charge is 0.351 e. The molecule has 11 rings (SSSR count). The van der Waals surface area contributed by atoms with Gasteiger partial charge in [-0.1, -0.05) is 13.8 Å². The third-order valence-electron chi connectivity index (χ3n) is 22.2. The largest absolute Gasteiger partial charge is 0.383 e. The van der Waals surface area contributed by atoms with Crippen LogP contribution in [0.5, 0.6) is 0 Å². The minimum atomic E-state index is -4.60. The molecule has 0 saturated carbocycles. The fourth-order valence-electron chi connectivity index (χ4n) is 15.3. The van der Waals surface area contributed by atoms with Gasteiger partial charge in [0.25, 0.3) is 29.8 Å². The van der Waals surface area contributed by atoms with Gasteiger partial charge in [0, 0.05) is 93.3 Å². The highest BCUT2D eigenvalue weighted by Gasteiger charge is 2.51. The lowest BCUT2D eigenvalue weighted by Gasteiger charge is -2.46. The second-order valence-corrected chi connectivity index (χ2v) is 47.0. The molecule has 5 unspecified atom stereocenters. The molecule has 732 valence electrons. The van der Waals surface area contributed by atoms with E-state index < -0.39 is 233 Å². The van der Waals surface area contributed by atoms with Crippen molar-refractivity contribution in [2.75, 3.05) is 194 Å². The third-order valence-corrected chi connectivity index (χ3v) is 35.3. The van der Waals surface area contributed by atoms with Gasteiger partial charge in [-0.05, 0) is 110 Å². The van der Waals surface area contributed by atoms with Crippen molar-refractivity contribution in [2.45, 2.75) is 128 Å². The number of aromatic amines is 4. The molecule has 14 N–H and O–H groups in total. The van der Waals surface area contributed by atoms with Gasteiger partial charge in [0.1, 0.15) is 24.2 Å². The van der Waals surface area contributed by atoms with Crippen molar-refractivity contribution in [3.63, 3.8) is 0 Å². The summed E-state index contributed by atoms with van der Waals surface area (Å²) in [4.78, 5) is 170. The molecule has 0 aliphatic carbocycles. The molecular weight excluding hydrogens is 1840 g/mol. The number of hydrogen-bond acceptors (Lipinski definition) is 32. The number of nitrogens with zero attached hydrogens (tertiary/aromatic N) is 18. The third kappa shape index (κ3) is 23.7. The molecule has 3 amide bonds. The zero-order valence-electron chi connectivity index (χ0n) is 76.0. The number of aryl methyl sites for hydroxylation is 3. The lowest BCUT2D eigenvalue weighted by atomic mass is 10.1. The summed E-state index contributed by atoms with van der Waals surface area (Å²) in [5.41, 5.74) is 10.4. The van der Waals surface area contributed by atoms with Crippen LogP contribution in [0.3, 0.4) is 0 Å². The van der Waals surface area contributed by atoms with Crippen LogP contribution in [0.2, 0.25) is 0 Å². The number of ether oxygens (including phenoxy) is 5. The number of hydrogen-bond donors (Lipinski definition) is 11. The van der Waals surface area contributed by atoms with E-state index in [0.29, 0.717) is 0 Å². The lowest BCUT2D eigenvalue weighted by molar-refractivity contribution is -0.159. The van der Waals surface area contributed by atoms with Crippen molar-refractivity contribution >= 4 is 84.8 Å². The Balaban J connectivity index is 0.877. The molecule has 0 bridgehead atoms. The molecule has 5 fully saturated rings. The maximum absolute atomic E-state index is 16.5. The molecule has 132 heavy (non-hydrogen) atoms. The number of morpholine rings is 5. The molecule has 6 aromatic rings. The van der Waals surface area contributed by atoms with Gasteiger partial charge in [-0.2, -0.15) is 9.97 Å². The topological polar surface area (TPSA) is 662 Å². The quantitative estimate of drug-likeness (QED) is 0.00823. The van der Waals surface area contributed by atoms with Crippen molar-refractivity contribution < 1.29 is 83.5 Å². The fourth-order valence-corrected chi connectivity index (χ4v) is 25.2. The number of imidazole rings is 1. The van der Waals surface area contributed by atoms with E-state index in [-0.39, 0.29) is 111 Å². The van der Waals surface area contributed by atoms with Crippen molar-refractivity contribution in [1.82, 2.24) is 121 Å². The molecule has 5 aliphatic heterocycles. The minimum Gasteiger partial charge on any atom is -0.383 e. The molecule has 55 nitrogen and oxygen atoms in total. The number of amides is 3. The first-order valence-electron chi connectivity index (χ1n) is 41.8. The number of carbonyl (C=O) groups is 3. The summed E-state index contributed by atoms with van der Waals surface area (Å²) in [5.74, 6) is -2.70. The Kier molecular flexibility index (Phi) is 33.6. The van der Waals surface area contributed by atoms with E-state index in [0.717, 1.165) is 18.3 Å². The van der Waals surface area contributed by atoms with Gasteiger partial charge in [0.2, 0.25) is 23.7 Å². The normalized spacial score (nSPS) is 24.3. The van der Waals surface area contributed by atoms with Gasteiger partial charge in [-0.25, -0.2) is 66.2 Å². The van der Waals surface area contributed by atoms with Crippen LogP contribution in [0.4, 0.5) is 11.8 Å². The van der Waals surface area contributed by atoms with E-state index in [1.165, 1.54) is 173 Å². The second kappa shape index (κ2) is 42.9. The highest BCUT2D eigenvalue weighted by molar-refractivity contribution is 7.57. The zero-order chi connectivity index (χ0) is 96.9. The van der Waals surface area contributed by atoms with Crippen molar-refractivity contribution in [1.29, 1.82) is 5.41 Å². The van der Waals surface area contributed by atoms with Crippen molar-refractivity contribution in [3.05, 3.63) is 137 Å². The predicted octanol–water partition coefficient (Wildman–Crippen LogP) is -2.55. The summed E-state index contributed by atoms with van der Waals surface area (Å²) in [6, 6.07) is 0.215. The van der Waals surface area contributed by atoms with Crippen LogP contribution < -0.4 is 78.1 Å². The van der Waals surface area contributed by atoms with Crippen LogP contribution in [0.25, 0.3) is 11.2 Å². The molecule has 0 radical (unpaired) electrons. The first-order valence-corrected chi connectivity index (χ1v) is 49.6. The van der Waals surface area contributed by atoms with Gasteiger partial charge in [0.05, 0.1) is 103 Å². The number of H-pyrrole nitrogens is 4. The molecule has 5 aliphatic rings. The average molecular weight is 1960 g/mol. The molecular formula is C72H118N29O26P5. The molecule has 0 aromatic carbocycles. The average Bonchev–Trinajstić information content (AvgIpc) is 1.56. The Bertz CT molecular complexity index is 5960. The van der Waals surface area contributed by atoms with E-state index >= 15 is 18.3 Å². The number of nitrogens with one attached hydrogen (secondary N) is 8. The van der Waals surface area contributed by atoms with Crippen molar-refractivity contribution in [2.24, 2.45) is 5.73 Å². The number of nitrogen functional groups attached to an aromatic ring is 2. The Morgan fingerprint density at radius 2 is 0.894 bits per heavy atom. The lowest BCUT2D eigenvalue weighted by Crippen LogP contribution is -2.55. The van der Waals surface area contributed by atoms with Gasteiger partial charge < -0.3 is 84.4 Å². The number of rotatable bonds is 38. The summed E-state index contributed by atoms with van der Waals surface area (Å²) in [6.07, 6.45) is -6.39. The molecule has 11 heterocycles. The summed E-state index contributed by atoms with van der Waals surface area (Å²) < 4.78 is 162. The van der Waals surface area contributed by atoms with Gasteiger partial charge in [-0.3, -0.25) is 105 Å². The van der Waals surface area contributed by atoms with Crippen LogP contribution in [0, 0.1) is 26.2 Å². The van der Waals surface area contributed by atoms with Crippen LogP contribution in [0.1, 0.15) is 81.4 Å². The minimum absolute atomic E-state index is 0.0585. The number of aromatic nitrogens is 12. The highest BCUT2D eigenvalue weighted by Crippen LogP contribution is 2.61. The Morgan fingerprint density at radius 1 is 0.515 bits per heavy atom. The van der Waals surface area contributed by atoms with Gasteiger partial charge >= 0.3 is 53.4 Å². The highest BCUT2D eigenvalue weighted by atomic mass is 31.2. The Labute approximate surface area is 755 Å². The number of nitrogens with two attached hydrogens (primary N) is 3. The van der Waals surface area contributed by atoms with Crippen LogP contribution in [0.15, 0.2) is 75.5 Å². The number of guanidine groups is 1. The zero-order valence-corrected chi connectivity index (χ0v) is 80.4. The van der Waals surface area contributed by atoms with E-state index in [4.69, 9.17) is 68.9 Å². The van der Waals surface area contributed by atoms with E-state index in [1.807, 2.05) is 0 Å². The first kappa shape index (κ1) is 103. The monoisotopic (exact) mass is 1960 g/mol. The molecule has 60 heteroatoms. The fraction of sp³-hybridized carbons (Fsp3) is 0.653. The molecule has 0 spiro atoms. The Morgan fingerprint density at radius 3 is 1.26 bits per heavy atom. The number of anilines is 2. The predicted molar refractivity (Wildman–Crippen MR) is 477 cm³/mol. The van der Waals surface area contributed by atoms with Crippen LogP contribution in [-0.2, 0) is 83.5 Å². The maximum Gasteiger partial charge on any atom is 0.351 e. The molecule has 5 saturated heterocycles. The SMILES string of the molecule is CC(=O)N[C@@H](CCCNC(=N)N)C(=O)NCC(=O)N1C[C@@H](COP(=O)(N(C)C)N2C[C@@H](COP(=O)(N(C)C)N3C[C@@H](COP(=O)(N(C)C)N4C[C@@H](COP(=O)(N(C)C)N5C[C@@H](COP(=O)(C(C)C)N(C)C)O[C@@H](n6cc(C)c(=O)[nH]c6=O)C5)O[C@@H](n5cc(C)c(=O)[nH]c5=O)C4)O[C@@H](n4cnc5c(=O)[nH]c(N)nc54)C3)O[C@@H](n3cc(C)c(=O)[nH]c3=O)C2)O[C@@H](n2ccc(N)nc2=O)C1.